The molecular formula is C18H16FN3O4. The molecule has 2 aromatic rings. The Bertz CT molecular complexity index is 855. The standard InChI is InChI=1S/C18H16FN3O4/c19-14-9-12(21-15-10-17(24)22(7-8-23)18(15)25)4-5-16(14)26-11-13-3-1-2-6-20-13/h1-6,9-10,21,23H,7-8,11H2. The summed E-state index contributed by atoms with van der Waals surface area (Å²) in [6.07, 6.45) is 2.73. The van der Waals surface area contributed by atoms with Gasteiger partial charge in [-0.3, -0.25) is 19.5 Å². The number of pyridine rings is 1. The van der Waals surface area contributed by atoms with E-state index in [1.807, 2.05) is 6.07 Å². The van der Waals surface area contributed by atoms with Crippen LogP contribution < -0.4 is 10.1 Å². The van der Waals surface area contributed by atoms with Crippen LogP contribution in [0.4, 0.5) is 10.1 Å². The second-order valence-corrected chi connectivity index (χ2v) is 5.46. The summed E-state index contributed by atoms with van der Waals surface area (Å²) in [5, 5.41) is 11.6. The van der Waals surface area contributed by atoms with E-state index in [4.69, 9.17) is 9.84 Å². The molecule has 8 heteroatoms. The molecule has 2 heterocycles. The predicted octanol–water partition coefficient (Wildman–Crippen LogP) is 1.46. The normalized spacial score (nSPS) is 13.8. The molecule has 2 N–H and O–H groups in total. The van der Waals surface area contributed by atoms with E-state index in [-0.39, 0.29) is 31.2 Å². The molecule has 1 aromatic carbocycles. The number of ether oxygens (including phenoxy) is 1. The van der Waals surface area contributed by atoms with Crippen LogP contribution >= 0.6 is 0 Å². The Kier molecular flexibility index (Phi) is 5.23. The van der Waals surface area contributed by atoms with Crippen LogP contribution in [0.2, 0.25) is 0 Å². The van der Waals surface area contributed by atoms with Gasteiger partial charge in [0, 0.05) is 24.0 Å². The van der Waals surface area contributed by atoms with Gasteiger partial charge in [0.05, 0.1) is 18.8 Å². The van der Waals surface area contributed by atoms with E-state index in [2.05, 4.69) is 10.3 Å². The summed E-state index contributed by atoms with van der Waals surface area (Å²) < 4.78 is 19.6. The molecule has 1 aromatic heterocycles. The number of nitrogens with one attached hydrogen (secondary N) is 1. The van der Waals surface area contributed by atoms with Gasteiger partial charge in [0.25, 0.3) is 11.8 Å². The van der Waals surface area contributed by atoms with Gasteiger partial charge in [-0.25, -0.2) is 4.39 Å². The number of hydrogen-bond acceptors (Lipinski definition) is 6. The van der Waals surface area contributed by atoms with Crippen molar-refractivity contribution in [2.24, 2.45) is 0 Å². The minimum atomic E-state index is -0.615. The summed E-state index contributed by atoms with van der Waals surface area (Å²) in [5.74, 6) is -1.66. The van der Waals surface area contributed by atoms with Gasteiger partial charge in [-0.05, 0) is 24.3 Å². The highest BCUT2D eigenvalue weighted by Crippen LogP contribution is 2.24. The van der Waals surface area contributed by atoms with Crippen LogP contribution in [0.5, 0.6) is 5.75 Å². The number of β-amino-alcohol motifs (C(OH)–C–C–N with tert-alkyl or cyclic N) is 1. The largest absolute Gasteiger partial charge is 0.484 e. The lowest BCUT2D eigenvalue weighted by atomic mass is 10.2. The van der Waals surface area contributed by atoms with Crippen LogP contribution in [0.3, 0.4) is 0 Å². The number of halogens is 1. The van der Waals surface area contributed by atoms with Crippen molar-refractivity contribution in [3.05, 3.63) is 65.9 Å². The number of aromatic nitrogens is 1. The number of anilines is 1. The maximum Gasteiger partial charge on any atom is 0.277 e. The Morgan fingerprint density at radius 1 is 1.23 bits per heavy atom. The number of imide groups is 1. The zero-order chi connectivity index (χ0) is 18.5. The van der Waals surface area contributed by atoms with E-state index in [0.717, 1.165) is 11.0 Å². The summed E-state index contributed by atoms with van der Waals surface area (Å²) in [5.41, 5.74) is 0.981. The van der Waals surface area contributed by atoms with Crippen LogP contribution in [0, 0.1) is 5.82 Å². The zero-order valence-corrected chi connectivity index (χ0v) is 13.7. The molecule has 3 rings (SSSR count). The molecule has 26 heavy (non-hydrogen) atoms. The fourth-order valence-corrected chi connectivity index (χ4v) is 2.40. The number of carbonyl (C=O) groups is 2. The monoisotopic (exact) mass is 357 g/mol. The summed E-state index contributed by atoms with van der Waals surface area (Å²) in [6.45, 7) is -0.289. The first-order chi connectivity index (χ1) is 12.6. The molecule has 0 saturated carbocycles. The van der Waals surface area contributed by atoms with Crippen molar-refractivity contribution in [3.63, 3.8) is 0 Å². The topological polar surface area (TPSA) is 91.8 Å². The first kappa shape index (κ1) is 17.6. The van der Waals surface area contributed by atoms with Gasteiger partial charge in [-0.2, -0.15) is 0 Å². The molecule has 0 aliphatic carbocycles. The third-order valence-corrected chi connectivity index (χ3v) is 3.65. The highest BCUT2D eigenvalue weighted by molar-refractivity contribution is 6.17. The zero-order valence-electron chi connectivity index (χ0n) is 13.7. The molecule has 1 aliphatic rings. The van der Waals surface area contributed by atoms with Crippen LogP contribution in [0.1, 0.15) is 5.69 Å². The van der Waals surface area contributed by atoms with Crippen LogP contribution in [0.25, 0.3) is 0 Å². The summed E-state index contributed by atoms with van der Waals surface area (Å²) >= 11 is 0. The minimum absolute atomic E-state index is 0.0185. The van der Waals surface area contributed by atoms with Gasteiger partial charge in [-0.15, -0.1) is 0 Å². The van der Waals surface area contributed by atoms with Crippen molar-refractivity contribution < 1.29 is 23.8 Å². The summed E-state index contributed by atoms with van der Waals surface area (Å²) in [6, 6.07) is 9.47. The number of rotatable bonds is 7. The van der Waals surface area contributed by atoms with Gasteiger partial charge in [-0.1, -0.05) is 6.07 Å². The van der Waals surface area contributed by atoms with E-state index >= 15 is 0 Å². The summed E-state index contributed by atoms with van der Waals surface area (Å²) in [4.78, 5) is 28.7. The fraction of sp³-hybridized carbons (Fsp3) is 0.167. The van der Waals surface area contributed by atoms with Crippen molar-refractivity contribution in [1.29, 1.82) is 0 Å². The second kappa shape index (κ2) is 7.75. The average Bonchev–Trinajstić information content (AvgIpc) is 2.90. The highest BCUT2D eigenvalue weighted by atomic mass is 19.1. The number of nitrogens with zero attached hydrogens (tertiary/aromatic N) is 2. The number of amides is 2. The Hall–Kier alpha value is -3.26. The molecule has 7 nitrogen and oxygen atoms in total. The molecule has 0 spiro atoms. The number of hydrogen-bond donors (Lipinski definition) is 2. The molecule has 0 radical (unpaired) electrons. The minimum Gasteiger partial charge on any atom is -0.484 e. The number of benzene rings is 1. The summed E-state index contributed by atoms with van der Waals surface area (Å²) in [7, 11) is 0. The highest BCUT2D eigenvalue weighted by Gasteiger charge is 2.30. The Balaban J connectivity index is 1.65. The lowest BCUT2D eigenvalue weighted by Crippen LogP contribution is -2.34. The SMILES string of the molecule is O=C1C=C(Nc2ccc(OCc3ccccn3)c(F)c2)C(=O)N1CCO. The van der Waals surface area contributed by atoms with E-state index in [1.165, 1.54) is 18.2 Å². The lowest BCUT2D eigenvalue weighted by molar-refractivity contribution is -0.137. The maximum absolute atomic E-state index is 14.2. The van der Waals surface area contributed by atoms with Gasteiger partial charge in [0.15, 0.2) is 11.6 Å². The fourth-order valence-electron chi connectivity index (χ4n) is 2.40. The first-order valence-corrected chi connectivity index (χ1v) is 7.86. The van der Waals surface area contributed by atoms with E-state index in [1.54, 1.807) is 18.3 Å². The predicted molar refractivity (Wildman–Crippen MR) is 90.5 cm³/mol. The number of aliphatic hydroxyl groups excluding tert-OH is 1. The lowest BCUT2D eigenvalue weighted by Gasteiger charge is -2.14. The van der Waals surface area contributed by atoms with Crippen LogP contribution in [-0.4, -0.2) is 40.0 Å². The molecule has 134 valence electrons. The number of aliphatic hydroxyl groups is 1. The van der Waals surface area contributed by atoms with E-state index < -0.39 is 17.6 Å². The van der Waals surface area contributed by atoms with E-state index in [0.29, 0.717) is 11.4 Å². The van der Waals surface area contributed by atoms with Crippen molar-refractivity contribution in [1.82, 2.24) is 9.88 Å². The molecular weight excluding hydrogens is 341 g/mol. The Labute approximate surface area is 148 Å². The van der Waals surface area contributed by atoms with Crippen molar-refractivity contribution in [2.45, 2.75) is 6.61 Å². The maximum atomic E-state index is 14.2. The molecule has 1 aliphatic heterocycles. The molecule has 0 saturated heterocycles. The number of carbonyl (C=O) groups excluding carboxylic acids is 2. The molecule has 0 unspecified atom stereocenters. The molecule has 0 fully saturated rings. The smallest absolute Gasteiger partial charge is 0.277 e. The molecule has 0 bridgehead atoms. The third-order valence-electron chi connectivity index (χ3n) is 3.65. The second-order valence-electron chi connectivity index (χ2n) is 5.46. The van der Waals surface area contributed by atoms with Crippen molar-refractivity contribution in [3.8, 4) is 5.75 Å². The average molecular weight is 357 g/mol. The van der Waals surface area contributed by atoms with Gasteiger partial charge < -0.3 is 15.2 Å². The van der Waals surface area contributed by atoms with E-state index in [9.17, 15) is 14.0 Å². The Morgan fingerprint density at radius 3 is 2.77 bits per heavy atom. The van der Waals surface area contributed by atoms with Crippen LogP contribution in [0.15, 0.2) is 54.4 Å². The van der Waals surface area contributed by atoms with Crippen molar-refractivity contribution in [2.75, 3.05) is 18.5 Å². The molecule has 2 amide bonds. The first-order valence-electron chi connectivity index (χ1n) is 7.86. The third kappa shape index (κ3) is 3.86. The van der Waals surface area contributed by atoms with Crippen molar-refractivity contribution >= 4 is 17.5 Å². The van der Waals surface area contributed by atoms with Gasteiger partial charge >= 0.3 is 0 Å². The van der Waals surface area contributed by atoms with Gasteiger partial charge in [0.2, 0.25) is 0 Å². The quantitative estimate of drug-likeness (QED) is 0.729. The van der Waals surface area contributed by atoms with Crippen LogP contribution in [-0.2, 0) is 16.2 Å². The van der Waals surface area contributed by atoms with Gasteiger partial charge in [0.1, 0.15) is 12.3 Å². The Morgan fingerprint density at radius 2 is 2.08 bits per heavy atom. The molecule has 0 atom stereocenters.